The van der Waals surface area contributed by atoms with Crippen molar-refractivity contribution >= 4 is 67.1 Å². The molecule has 67 heavy (non-hydrogen) atoms. The molecule has 3 amide bonds. The number of urea groups is 1. The van der Waals surface area contributed by atoms with Crippen LogP contribution in [0.4, 0.5) is 21.9 Å². The fourth-order valence-corrected chi connectivity index (χ4v) is 10.0. The van der Waals surface area contributed by atoms with Crippen molar-refractivity contribution in [1.29, 1.82) is 0 Å². The van der Waals surface area contributed by atoms with Crippen LogP contribution < -0.4 is 19.7 Å². The highest BCUT2D eigenvalue weighted by atomic mass is 35.5. The van der Waals surface area contributed by atoms with Crippen LogP contribution in [0.5, 0.6) is 11.5 Å². The van der Waals surface area contributed by atoms with Crippen LogP contribution >= 0.6 is 11.6 Å². The van der Waals surface area contributed by atoms with Gasteiger partial charge in [-0.3, -0.25) is 24.9 Å². The van der Waals surface area contributed by atoms with E-state index >= 15 is 0 Å². The van der Waals surface area contributed by atoms with Crippen LogP contribution in [0.15, 0.2) is 95.5 Å². The Morgan fingerprint density at radius 2 is 1.81 bits per heavy atom. The molecule has 1 aromatic heterocycles. The molecule has 8 rings (SSSR count). The number of H-pyrrole nitrogens is 1. The number of benzene rings is 4. The molecule has 3 aliphatic rings. The second-order valence-corrected chi connectivity index (χ2v) is 20.2. The molecule has 4 aromatic carbocycles. The number of piperazine rings is 1. The number of aromatic amines is 1. The van der Waals surface area contributed by atoms with Crippen LogP contribution in [0.25, 0.3) is 16.5 Å². The third-order valence-corrected chi connectivity index (χ3v) is 14.5. The molecule has 3 N–H and O–H groups in total. The summed E-state index contributed by atoms with van der Waals surface area (Å²) in [6.07, 6.45) is 4.76. The van der Waals surface area contributed by atoms with E-state index in [1.165, 1.54) is 34.9 Å². The average molecular weight is 955 g/mol. The number of fused-ring (bicyclic) bond motifs is 1. The zero-order chi connectivity index (χ0) is 47.5. The van der Waals surface area contributed by atoms with Gasteiger partial charge in [-0.05, 0) is 91.3 Å². The van der Waals surface area contributed by atoms with Gasteiger partial charge in [-0.25, -0.2) is 17.9 Å². The number of carbonyl (C=O) groups excluding carboxylic acids is 2. The molecular formula is C48H56ClN9O8S. The molecule has 3 heterocycles. The predicted molar refractivity (Wildman–Crippen MR) is 259 cm³/mol. The number of carbonyl (C=O) groups is 2. The second-order valence-electron chi connectivity index (χ2n) is 18.0. The van der Waals surface area contributed by atoms with Gasteiger partial charge >= 0.3 is 6.03 Å². The molecular weight excluding hydrogens is 898 g/mol. The Morgan fingerprint density at radius 1 is 1.03 bits per heavy atom. The molecule has 0 saturated carbocycles. The highest BCUT2D eigenvalue weighted by Gasteiger charge is 2.32. The number of anilines is 2. The summed E-state index contributed by atoms with van der Waals surface area (Å²) >= 11 is 6.25. The van der Waals surface area contributed by atoms with Gasteiger partial charge in [0.25, 0.3) is 21.6 Å². The number of ether oxygens (including phenoxy) is 2. The van der Waals surface area contributed by atoms with Gasteiger partial charge in [-0.15, -0.1) is 0 Å². The molecule has 2 fully saturated rings. The zero-order valence-corrected chi connectivity index (χ0v) is 39.7. The van der Waals surface area contributed by atoms with Gasteiger partial charge in [0.2, 0.25) is 0 Å². The SMILES string of the molecule is CCN(C)C(=O)N1CCOCC1CNc1ccc(S(=O)(=O)NC(=O)c2ccc(N3CCN(CC4=C(c5ccc(Cl)cc5)CC(C)(C)CC4)CC3)cc2Oc2cccc3[nH]ncc23)cc1[N+](=O)[O-]. The Hall–Kier alpha value is -6.21. The van der Waals surface area contributed by atoms with Crippen molar-refractivity contribution in [3.8, 4) is 11.5 Å². The molecule has 19 heteroatoms. The number of nitrogens with one attached hydrogen (secondary N) is 3. The van der Waals surface area contributed by atoms with Crippen LogP contribution in [0, 0.1) is 15.5 Å². The number of amides is 3. The summed E-state index contributed by atoms with van der Waals surface area (Å²) in [5, 5.41) is 23.7. The smallest absolute Gasteiger partial charge is 0.320 e. The molecule has 17 nitrogen and oxygen atoms in total. The lowest BCUT2D eigenvalue weighted by molar-refractivity contribution is -0.384. The van der Waals surface area contributed by atoms with E-state index in [4.69, 9.17) is 21.1 Å². The summed E-state index contributed by atoms with van der Waals surface area (Å²) in [4.78, 5) is 46.1. The summed E-state index contributed by atoms with van der Waals surface area (Å²) in [6, 6.07) is 21.2. The van der Waals surface area contributed by atoms with E-state index in [1.54, 1.807) is 47.3 Å². The number of aromatic nitrogens is 2. The number of rotatable bonds is 14. The minimum absolute atomic E-state index is 0.0374. The van der Waals surface area contributed by atoms with Gasteiger partial charge in [0, 0.05) is 82.2 Å². The summed E-state index contributed by atoms with van der Waals surface area (Å²) in [7, 11) is -2.96. The monoisotopic (exact) mass is 953 g/mol. The molecule has 0 bridgehead atoms. The Labute approximate surface area is 395 Å². The van der Waals surface area contributed by atoms with Crippen molar-refractivity contribution in [2.24, 2.45) is 5.41 Å². The first-order valence-electron chi connectivity index (χ1n) is 22.5. The van der Waals surface area contributed by atoms with Crippen molar-refractivity contribution < 1.29 is 32.4 Å². The van der Waals surface area contributed by atoms with E-state index in [2.05, 4.69) is 56.0 Å². The molecule has 0 radical (unpaired) electrons. The second kappa shape index (κ2) is 19.9. The predicted octanol–water partition coefficient (Wildman–Crippen LogP) is 8.01. The average Bonchev–Trinajstić information content (AvgIpc) is 3.81. The van der Waals surface area contributed by atoms with E-state index in [0.717, 1.165) is 55.7 Å². The molecule has 1 atom stereocenters. The largest absolute Gasteiger partial charge is 0.456 e. The Morgan fingerprint density at radius 3 is 2.55 bits per heavy atom. The topological polar surface area (TPSA) is 196 Å². The van der Waals surface area contributed by atoms with Crippen LogP contribution in [0.2, 0.25) is 5.02 Å². The van der Waals surface area contributed by atoms with E-state index in [9.17, 15) is 28.1 Å². The first-order chi connectivity index (χ1) is 32.1. The van der Waals surface area contributed by atoms with Crippen molar-refractivity contribution in [2.45, 2.75) is 51.0 Å². The van der Waals surface area contributed by atoms with Gasteiger partial charge in [0.1, 0.15) is 17.2 Å². The number of sulfonamides is 1. The number of morpholine rings is 1. The lowest BCUT2D eigenvalue weighted by Crippen LogP contribution is -2.55. The van der Waals surface area contributed by atoms with E-state index < -0.39 is 37.5 Å². The summed E-state index contributed by atoms with van der Waals surface area (Å²) in [5.41, 5.74) is 5.22. The minimum Gasteiger partial charge on any atom is -0.456 e. The van der Waals surface area contributed by atoms with Crippen LogP contribution in [0.1, 0.15) is 56.0 Å². The third-order valence-electron chi connectivity index (χ3n) is 12.9. The lowest BCUT2D eigenvalue weighted by Gasteiger charge is -2.39. The molecule has 1 aliphatic carbocycles. The summed E-state index contributed by atoms with van der Waals surface area (Å²) < 4.78 is 41.8. The van der Waals surface area contributed by atoms with Crippen molar-refractivity contribution in [3.05, 3.63) is 117 Å². The van der Waals surface area contributed by atoms with E-state index in [-0.39, 0.29) is 41.6 Å². The number of hydrogen-bond acceptors (Lipinski definition) is 12. The van der Waals surface area contributed by atoms with Gasteiger partial charge in [-0.1, -0.05) is 49.2 Å². The van der Waals surface area contributed by atoms with Crippen molar-refractivity contribution in [1.82, 2.24) is 29.6 Å². The Balaban J connectivity index is 0.999. The number of hydrogen-bond donors (Lipinski definition) is 3. The first-order valence-corrected chi connectivity index (χ1v) is 24.3. The summed E-state index contributed by atoms with van der Waals surface area (Å²) in [5.74, 6) is -0.483. The van der Waals surface area contributed by atoms with Gasteiger partial charge in [0.15, 0.2) is 0 Å². The van der Waals surface area contributed by atoms with Crippen molar-refractivity contribution in [3.63, 3.8) is 0 Å². The molecule has 354 valence electrons. The number of nitrogens with zero attached hydrogens (tertiary/aromatic N) is 6. The quantitative estimate of drug-likeness (QED) is 0.0718. The van der Waals surface area contributed by atoms with Gasteiger partial charge in [0.05, 0.1) is 51.7 Å². The molecule has 2 saturated heterocycles. The highest BCUT2D eigenvalue weighted by Crippen LogP contribution is 2.43. The standard InChI is InChI=1S/C48H56ClN9O8S/c1-5-54(4)47(60)57-23-24-65-31-36(57)28-50-42-16-14-37(26-43(42)58(61)62)67(63,64)53-46(59)38-15-13-35(25-45(38)66-44-8-6-7-41-40(44)29-51-52-41)56-21-19-55(20-22-56)30-33-17-18-48(2,3)27-39(33)32-9-11-34(49)12-10-32/h6-16,25-26,29,36,50H,5,17-24,27-28,30-31H2,1-4H3,(H,51,52)(H,53,59). The maximum Gasteiger partial charge on any atom is 0.320 e. The van der Waals surface area contributed by atoms with E-state index in [0.29, 0.717) is 49.4 Å². The number of nitro groups is 1. The van der Waals surface area contributed by atoms with Crippen LogP contribution in [-0.2, 0) is 14.8 Å². The minimum atomic E-state index is -4.65. The Bertz CT molecular complexity index is 2790. The number of halogens is 1. The van der Waals surface area contributed by atoms with Crippen LogP contribution in [0.3, 0.4) is 0 Å². The molecule has 1 unspecified atom stereocenters. The molecule has 0 spiro atoms. The highest BCUT2D eigenvalue weighted by molar-refractivity contribution is 7.90. The van der Waals surface area contributed by atoms with Crippen LogP contribution in [-0.4, -0.2) is 129 Å². The third kappa shape index (κ3) is 10.8. The van der Waals surface area contributed by atoms with E-state index in [1.807, 2.05) is 25.1 Å². The fourth-order valence-electron chi connectivity index (χ4n) is 8.90. The summed E-state index contributed by atoms with van der Waals surface area (Å²) in [6.45, 7) is 11.9. The Kier molecular flexibility index (Phi) is 14.1. The lowest BCUT2D eigenvalue weighted by atomic mass is 9.72. The molecule has 5 aromatic rings. The van der Waals surface area contributed by atoms with Gasteiger partial charge < -0.3 is 29.5 Å². The first kappa shape index (κ1) is 47.3. The normalized spacial score (nSPS) is 17.9. The van der Waals surface area contributed by atoms with Crippen molar-refractivity contribution in [2.75, 3.05) is 82.8 Å². The number of allylic oxidation sites excluding steroid dienone is 1. The maximum absolute atomic E-state index is 14.1. The maximum atomic E-state index is 14.1. The number of nitro benzene ring substituents is 1. The van der Waals surface area contributed by atoms with Gasteiger partial charge in [-0.2, -0.15) is 5.10 Å². The molecule has 2 aliphatic heterocycles. The zero-order valence-electron chi connectivity index (χ0n) is 38.1. The fraction of sp³-hybridized carbons (Fsp3) is 0.396.